The lowest BCUT2D eigenvalue weighted by Crippen LogP contribution is -2.52. The highest BCUT2D eigenvalue weighted by Crippen LogP contribution is 2.43. The number of hydrogen-bond donors (Lipinski definition) is 0. The van der Waals surface area contributed by atoms with E-state index in [1.165, 1.54) is 10.5 Å². The maximum absolute atomic E-state index is 5.82. The normalized spacial score (nSPS) is 21.6. The van der Waals surface area contributed by atoms with Crippen LogP contribution in [-0.2, 0) is 4.74 Å². The Hall–Kier alpha value is -1.80. The topological polar surface area (TPSA) is 41.1 Å². The fourth-order valence-electron chi connectivity index (χ4n) is 4.20. The number of hydrogen-bond acceptors (Lipinski definition) is 7. The standard InChI is InChI=1S/C22H30N4O2S/c1-17(24-11-13-25(14-12-24)21-9-4-5-10-23-21)15-26-16-19(28-3)22-18(27-2)7-6-8-20(22)29-26/h4-10,17,19H,11-16H2,1-3H3. The molecule has 156 valence electrons. The molecule has 1 aromatic heterocycles. The number of methoxy groups -OCH3 is 2. The van der Waals surface area contributed by atoms with Crippen LogP contribution >= 0.6 is 11.9 Å². The number of piperazine rings is 1. The van der Waals surface area contributed by atoms with Gasteiger partial charge in [0.15, 0.2) is 0 Å². The average molecular weight is 415 g/mol. The van der Waals surface area contributed by atoms with Gasteiger partial charge in [0.2, 0.25) is 0 Å². The molecule has 0 saturated carbocycles. The fourth-order valence-corrected chi connectivity index (χ4v) is 5.45. The number of ether oxygens (including phenoxy) is 2. The summed E-state index contributed by atoms with van der Waals surface area (Å²) in [6.07, 6.45) is 1.91. The Labute approximate surface area is 177 Å². The van der Waals surface area contributed by atoms with E-state index >= 15 is 0 Å². The summed E-state index contributed by atoms with van der Waals surface area (Å²) in [6, 6.07) is 12.9. The van der Waals surface area contributed by atoms with Gasteiger partial charge >= 0.3 is 0 Å². The molecule has 4 rings (SSSR count). The molecular formula is C22H30N4O2S. The van der Waals surface area contributed by atoms with E-state index in [-0.39, 0.29) is 6.10 Å². The summed E-state index contributed by atoms with van der Waals surface area (Å²) in [5.41, 5.74) is 1.18. The van der Waals surface area contributed by atoms with Gasteiger partial charge < -0.3 is 14.4 Å². The van der Waals surface area contributed by atoms with Crippen molar-refractivity contribution >= 4 is 17.8 Å². The molecular weight excluding hydrogens is 384 g/mol. The number of nitrogens with zero attached hydrogens (tertiary/aromatic N) is 4. The van der Waals surface area contributed by atoms with Crippen LogP contribution in [0, 0.1) is 0 Å². The second-order valence-electron chi connectivity index (χ2n) is 7.59. The minimum absolute atomic E-state index is 0.0376. The van der Waals surface area contributed by atoms with Crippen LogP contribution in [0.15, 0.2) is 47.5 Å². The second-order valence-corrected chi connectivity index (χ2v) is 8.73. The number of benzene rings is 1. The number of pyridine rings is 1. The summed E-state index contributed by atoms with van der Waals surface area (Å²) >= 11 is 1.82. The van der Waals surface area contributed by atoms with Gasteiger partial charge in [-0.25, -0.2) is 9.29 Å². The largest absolute Gasteiger partial charge is 0.496 e. The van der Waals surface area contributed by atoms with Crippen LogP contribution in [0.1, 0.15) is 18.6 Å². The highest BCUT2D eigenvalue weighted by atomic mass is 32.2. The van der Waals surface area contributed by atoms with Crippen LogP contribution in [0.2, 0.25) is 0 Å². The molecule has 6 nitrogen and oxygen atoms in total. The van der Waals surface area contributed by atoms with Crippen molar-refractivity contribution in [1.29, 1.82) is 0 Å². The first kappa shape index (κ1) is 20.5. The summed E-state index contributed by atoms with van der Waals surface area (Å²) < 4.78 is 13.8. The number of rotatable bonds is 6. The van der Waals surface area contributed by atoms with Crippen LogP contribution in [-0.4, -0.2) is 73.7 Å². The van der Waals surface area contributed by atoms with Crippen molar-refractivity contribution < 1.29 is 9.47 Å². The van der Waals surface area contributed by atoms with Crippen molar-refractivity contribution in [2.45, 2.75) is 24.0 Å². The van der Waals surface area contributed by atoms with E-state index < -0.39 is 0 Å². The molecule has 7 heteroatoms. The highest BCUT2D eigenvalue weighted by Gasteiger charge is 2.31. The molecule has 2 aliphatic heterocycles. The van der Waals surface area contributed by atoms with Crippen molar-refractivity contribution in [2.24, 2.45) is 0 Å². The van der Waals surface area contributed by atoms with E-state index in [4.69, 9.17) is 9.47 Å². The maximum atomic E-state index is 5.82. The Kier molecular flexibility index (Phi) is 6.60. The smallest absolute Gasteiger partial charge is 0.128 e. The third-order valence-corrected chi connectivity index (χ3v) is 6.94. The number of fused-ring (bicyclic) bond motifs is 1. The van der Waals surface area contributed by atoms with Crippen molar-refractivity contribution in [2.75, 3.05) is 58.4 Å². The molecule has 29 heavy (non-hydrogen) atoms. The SMILES string of the molecule is COc1cccc2c1C(OC)CN(CC(C)N1CCN(c3ccccn3)CC1)S2. The van der Waals surface area contributed by atoms with Crippen LogP contribution in [0.3, 0.4) is 0 Å². The lowest BCUT2D eigenvalue weighted by molar-refractivity contribution is 0.0721. The van der Waals surface area contributed by atoms with E-state index in [1.54, 1.807) is 14.2 Å². The molecule has 0 radical (unpaired) electrons. The average Bonchev–Trinajstić information content (AvgIpc) is 2.78. The molecule has 2 atom stereocenters. The summed E-state index contributed by atoms with van der Waals surface area (Å²) in [4.78, 5) is 10.7. The molecule has 3 heterocycles. The predicted molar refractivity (Wildman–Crippen MR) is 118 cm³/mol. The fraction of sp³-hybridized carbons (Fsp3) is 0.500. The molecule has 1 aromatic carbocycles. The van der Waals surface area contributed by atoms with Crippen LogP contribution in [0.25, 0.3) is 0 Å². The van der Waals surface area contributed by atoms with E-state index in [0.717, 1.165) is 50.8 Å². The zero-order chi connectivity index (χ0) is 20.2. The first-order valence-corrected chi connectivity index (χ1v) is 11.0. The van der Waals surface area contributed by atoms with Gasteiger partial charge in [-0.15, -0.1) is 0 Å². The van der Waals surface area contributed by atoms with Gasteiger partial charge in [0.05, 0.1) is 7.11 Å². The van der Waals surface area contributed by atoms with E-state index in [0.29, 0.717) is 6.04 Å². The third-order valence-electron chi connectivity index (χ3n) is 5.83. The quantitative estimate of drug-likeness (QED) is 0.672. The van der Waals surface area contributed by atoms with Crippen molar-refractivity contribution in [3.05, 3.63) is 48.2 Å². The van der Waals surface area contributed by atoms with Gasteiger partial charge in [-0.05, 0) is 43.1 Å². The van der Waals surface area contributed by atoms with E-state index in [9.17, 15) is 0 Å². The molecule has 0 amide bonds. The molecule has 0 bridgehead atoms. The monoisotopic (exact) mass is 414 g/mol. The van der Waals surface area contributed by atoms with Crippen LogP contribution in [0.4, 0.5) is 5.82 Å². The minimum atomic E-state index is 0.0376. The first-order chi connectivity index (χ1) is 14.2. The Balaban J connectivity index is 1.36. The summed E-state index contributed by atoms with van der Waals surface area (Å²) in [7, 11) is 3.52. The van der Waals surface area contributed by atoms with Crippen molar-refractivity contribution in [1.82, 2.24) is 14.2 Å². The van der Waals surface area contributed by atoms with Gasteiger partial charge in [0, 0.05) is 69.1 Å². The zero-order valence-electron chi connectivity index (χ0n) is 17.5. The van der Waals surface area contributed by atoms with E-state index in [1.807, 2.05) is 30.3 Å². The van der Waals surface area contributed by atoms with Crippen LogP contribution in [0.5, 0.6) is 5.75 Å². The first-order valence-electron chi connectivity index (χ1n) is 10.2. The van der Waals surface area contributed by atoms with Crippen molar-refractivity contribution in [3.63, 3.8) is 0 Å². The lowest BCUT2D eigenvalue weighted by Gasteiger charge is -2.41. The van der Waals surface area contributed by atoms with Gasteiger partial charge in [-0.2, -0.15) is 0 Å². The van der Waals surface area contributed by atoms with Crippen LogP contribution < -0.4 is 9.64 Å². The van der Waals surface area contributed by atoms with Crippen molar-refractivity contribution in [3.8, 4) is 5.75 Å². The van der Waals surface area contributed by atoms with E-state index in [2.05, 4.69) is 50.3 Å². The van der Waals surface area contributed by atoms with Gasteiger partial charge in [-0.1, -0.05) is 12.1 Å². The molecule has 2 aliphatic rings. The van der Waals surface area contributed by atoms with Gasteiger partial charge in [-0.3, -0.25) is 4.90 Å². The highest BCUT2D eigenvalue weighted by molar-refractivity contribution is 7.97. The molecule has 1 saturated heterocycles. The molecule has 0 N–H and O–H groups in total. The Morgan fingerprint density at radius 2 is 1.93 bits per heavy atom. The minimum Gasteiger partial charge on any atom is -0.496 e. The number of aromatic nitrogens is 1. The zero-order valence-corrected chi connectivity index (χ0v) is 18.3. The predicted octanol–water partition coefficient (Wildman–Crippen LogP) is 3.31. The number of anilines is 1. The third kappa shape index (κ3) is 4.53. The molecule has 2 unspecified atom stereocenters. The summed E-state index contributed by atoms with van der Waals surface area (Å²) in [5.74, 6) is 2.00. The molecule has 1 fully saturated rings. The summed E-state index contributed by atoms with van der Waals surface area (Å²) in [5, 5.41) is 0. The maximum Gasteiger partial charge on any atom is 0.128 e. The lowest BCUT2D eigenvalue weighted by atomic mass is 10.1. The van der Waals surface area contributed by atoms with Gasteiger partial charge in [0.1, 0.15) is 17.7 Å². The molecule has 0 spiro atoms. The molecule has 0 aliphatic carbocycles. The second kappa shape index (κ2) is 9.34. The Bertz CT molecular complexity index is 799. The van der Waals surface area contributed by atoms with Gasteiger partial charge in [0.25, 0.3) is 0 Å². The molecule has 2 aromatic rings. The summed E-state index contributed by atoms with van der Waals surface area (Å²) in [6.45, 7) is 8.38. The Morgan fingerprint density at radius 1 is 1.10 bits per heavy atom. The Morgan fingerprint density at radius 3 is 2.62 bits per heavy atom.